The maximum absolute atomic E-state index is 6.17. The highest BCUT2D eigenvalue weighted by Crippen LogP contribution is 2.29. The highest BCUT2D eigenvalue weighted by atomic mass is 35.5. The van der Waals surface area contributed by atoms with Crippen LogP contribution in [0.4, 0.5) is 11.5 Å². The number of hydrogen-bond donors (Lipinski definition) is 1. The van der Waals surface area contributed by atoms with Crippen molar-refractivity contribution < 1.29 is 0 Å². The second-order valence-corrected chi connectivity index (χ2v) is 5.51. The van der Waals surface area contributed by atoms with Crippen LogP contribution < -0.4 is 5.32 Å². The predicted octanol–water partition coefficient (Wildman–Crippen LogP) is 4.95. The maximum atomic E-state index is 6.17. The van der Waals surface area contributed by atoms with Crippen molar-refractivity contribution in [2.45, 2.75) is 39.5 Å². The average molecular weight is 290 g/mol. The molecule has 0 fully saturated rings. The van der Waals surface area contributed by atoms with Crippen LogP contribution in [-0.2, 0) is 6.42 Å². The second kappa shape index (κ2) is 6.71. The molecule has 0 aliphatic carbocycles. The van der Waals surface area contributed by atoms with Gasteiger partial charge in [-0.2, -0.15) is 0 Å². The number of anilines is 2. The van der Waals surface area contributed by atoms with Crippen molar-refractivity contribution >= 4 is 23.1 Å². The van der Waals surface area contributed by atoms with Gasteiger partial charge in [0.25, 0.3) is 0 Å². The van der Waals surface area contributed by atoms with Crippen LogP contribution >= 0.6 is 11.6 Å². The zero-order valence-electron chi connectivity index (χ0n) is 12.2. The van der Waals surface area contributed by atoms with Gasteiger partial charge in [-0.05, 0) is 30.0 Å². The summed E-state index contributed by atoms with van der Waals surface area (Å²) in [7, 11) is 0. The summed E-state index contributed by atoms with van der Waals surface area (Å²) in [6, 6.07) is 8.43. The van der Waals surface area contributed by atoms with Gasteiger partial charge in [0.15, 0.2) is 0 Å². The van der Waals surface area contributed by atoms with Gasteiger partial charge in [-0.15, -0.1) is 0 Å². The number of nitrogens with zero attached hydrogens (tertiary/aromatic N) is 2. The Bertz CT molecular complexity index is 564. The van der Waals surface area contributed by atoms with Crippen molar-refractivity contribution in [3.8, 4) is 0 Å². The van der Waals surface area contributed by atoms with Gasteiger partial charge < -0.3 is 5.32 Å². The van der Waals surface area contributed by atoms with E-state index >= 15 is 0 Å². The highest BCUT2D eigenvalue weighted by molar-refractivity contribution is 6.30. The summed E-state index contributed by atoms with van der Waals surface area (Å²) in [5.74, 6) is 1.05. The molecule has 1 aromatic carbocycles. The van der Waals surface area contributed by atoms with Crippen LogP contribution in [0, 0.1) is 0 Å². The third-order valence-corrected chi connectivity index (χ3v) is 3.47. The average Bonchev–Trinajstić information content (AvgIpc) is 2.41. The van der Waals surface area contributed by atoms with E-state index < -0.39 is 0 Å². The summed E-state index contributed by atoms with van der Waals surface area (Å²) in [6.45, 7) is 6.35. The lowest BCUT2D eigenvalue weighted by Gasteiger charge is -2.14. The number of rotatable bonds is 5. The second-order valence-electron chi connectivity index (χ2n) is 5.15. The van der Waals surface area contributed by atoms with Crippen LogP contribution in [0.15, 0.2) is 30.6 Å². The molecule has 0 aliphatic heterocycles. The Kier molecular flexibility index (Phi) is 4.96. The van der Waals surface area contributed by atoms with Crippen molar-refractivity contribution in [2.75, 3.05) is 5.32 Å². The highest BCUT2D eigenvalue weighted by Gasteiger charge is 2.13. The predicted molar refractivity (Wildman–Crippen MR) is 84.9 cm³/mol. The van der Waals surface area contributed by atoms with Gasteiger partial charge in [0.05, 0.1) is 0 Å². The van der Waals surface area contributed by atoms with Crippen molar-refractivity contribution in [3.05, 3.63) is 46.9 Å². The van der Waals surface area contributed by atoms with E-state index in [1.165, 1.54) is 11.9 Å². The van der Waals surface area contributed by atoms with Gasteiger partial charge in [0, 0.05) is 11.3 Å². The van der Waals surface area contributed by atoms with Gasteiger partial charge in [-0.3, -0.25) is 0 Å². The summed E-state index contributed by atoms with van der Waals surface area (Å²) in [6.07, 6.45) is 3.75. The fraction of sp³-hybridized carbons (Fsp3) is 0.375. The summed E-state index contributed by atoms with van der Waals surface area (Å²) in [4.78, 5) is 8.36. The fourth-order valence-electron chi connectivity index (χ4n) is 2.17. The molecular weight excluding hydrogens is 270 g/mol. The molecule has 1 aromatic heterocycles. The summed E-state index contributed by atoms with van der Waals surface area (Å²) < 4.78 is 0. The van der Waals surface area contributed by atoms with Crippen molar-refractivity contribution in [2.24, 2.45) is 0 Å². The van der Waals surface area contributed by atoms with Crippen molar-refractivity contribution in [1.29, 1.82) is 0 Å². The molecule has 0 aliphatic rings. The lowest BCUT2D eigenvalue weighted by molar-refractivity contribution is 0.850. The number of halogens is 1. The first-order valence-corrected chi connectivity index (χ1v) is 7.36. The van der Waals surface area contributed by atoms with Gasteiger partial charge in [-0.25, -0.2) is 9.97 Å². The smallest absolute Gasteiger partial charge is 0.138 e. The quantitative estimate of drug-likeness (QED) is 0.791. The number of benzene rings is 1. The molecule has 0 unspecified atom stereocenters. The Morgan fingerprint density at radius 1 is 1.15 bits per heavy atom. The Hall–Kier alpha value is -1.61. The van der Waals surface area contributed by atoms with Crippen LogP contribution in [0.2, 0.25) is 5.15 Å². The summed E-state index contributed by atoms with van der Waals surface area (Å²) in [5, 5.41) is 3.84. The van der Waals surface area contributed by atoms with E-state index in [2.05, 4.69) is 60.3 Å². The molecule has 0 bridgehead atoms. The third-order valence-electron chi connectivity index (χ3n) is 3.17. The standard InChI is InChI=1S/C16H20ClN3/c1-4-5-12-6-8-13(9-7-12)20-16-14(11(2)3)15(17)18-10-19-16/h6-11H,4-5H2,1-3H3,(H,18,19,20). The first-order valence-electron chi connectivity index (χ1n) is 6.98. The maximum Gasteiger partial charge on any atom is 0.138 e. The Labute approximate surface area is 125 Å². The first-order chi connectivity index (χ1) is 9.61. The summed E-state index contributed by atoms with van der Waals surface area (Å²) >= 11 is 6.17. The molecule has 3 nitrogen and oxygen atoms in total. The Morgan fingerprint density at radius 3 is 2.45 bits per heavy atom. The van der Waals surface area contributed by atoms with E-state index in [0.717, 1.165) is 29.9 Å². The van der Waals surface area contributed by atoms with E-state index in [1.807, 2.05) is 0 Å². The van der Waals surface area contributed by atoms with E-state index in [1.54, 1.807) is 0 Å². The molecule has 1 N–H and O–H groups in total. The lowest BCUT2D eigenvalue weighted by atomic mass is 10.1. The molecule has 0 spiro atoms. The normalized spacial score (nSPS) is 10.8. The molecule has 2 aromatic rings. The van der Waals surface area contributed by atoms with E-state index in [4.69, 9.17) is 11.6 Å². The summed E-state index contributed by atoms with van der Waals surface area (Å²) in [5.41, 5.74) is 3.32. The first kappa shape index (κ1) is 14.8. The molecule has 106 valence electrons. The monoisotopic (exact) mass is 289 g/mol. The Morgan fingerprint density at radius 2 is 1.85 bits per heavy atom. The topological polar surface area (TPSA) is 37.8 Å². The van der Waals surface area contributed by atoms with E-state index in [0.29, 0.717) is 5.15 Å². The van der Waals surface area contributed by atoms with Crippen LogP contribution in [0.5, 0.6) is 0 Å². The van der Waals surface area contributed by atoms with Crippen LogP contribution in [0.1, 0.15) is 44.2 Å². The number of nitrogens with one attached hydrogen (secondary N) is 1. The molecule has 1 heterocycles. The minimum atomic E-state index is 0.269. The molecule has 20 heavy (non-hydrogen) atoms. The zero-order valence-corrected chi connectivity index (χ0v) is 12.9. The number of aromatic nitrogens is 2. The third kappa shape index (κ3) is 3.48. The van der Waals surface area contributed by atoms with Gasteiger partial charge in [0.1, 0.15) is 17.3 Å². The Balaban J connectivity index is 2.23. The molecule has 0 amide bonds. The molecule has 2 rings (SSSR count). The molecule has 0 radical (unpaired) electrons. The van der Waals surface area contributed by atoms with E-state index in [-0.39, 0.29) is 5.92 Å². The molecule has 0 saturated heterocycles. The molecule has 4 heteroatoms. The largest absolute Gasteiger partial charge is 0.340 e. The van der Waals surface area contributed by atoms with Gasteiger partial charge in [-0.1, -0.05) is 50.9 Å². The van der Waals surface area contributed by atoms with Crippen molar-refractivity contribution in [3.63, 3.8) is 0 Å². The minimum Gasteiger partial charge on any atom is -0.340 e. The van der Waals surface area contributed by atoms with Gasteiger partial charge >= 0.3 is 0 Å². The lowest BCUT2D eigenvalue weighted by Crippen LogP contribution is -2.03. The SMILES string of the molecule is CCCc1ccc(Nc2ncnc(Cl)c2C(C)C)cc1. The van der Waals surface area contributed by atoms with E-state index in [9.17, 15) is 0 Å². The van der Waals surface area contributed by atoms with Crippen LogP contribution in [0.25, 0.3) is 0 Å². The zero-order chi connectivity index (χ0) is 14.5. The van der Waals surface area contributed by atoms with Crippen LogP contribution in [-0.4, -0.2) is 9.97 Å². The molecular formula is C16H20ClN3. The van der Waals surface area contributed by atoms with Gasteiger partial charge in [0.2, 0.25) is 0 Å². The number of aryl methyl sites for hydroxylation is 1. The molecule has 0 saturated carbocycles. The molecule has 0 atom stereocenters. The van der Waals surface area contributed by atoms with Crippen LogP contribution in [0.3, 0.4) is 0 Å². The minimum absolute atomic E-state index is 0.269. The fourth-order valence-corrected chi connectivity index (χ4v) is 2.52. The number of hydrogen-bond acceptors (Lipinski definition) is 3. The van der Waals surface area contributed by atoms with Crippen molar-refractivity contribution in [1.82, 2.24) is 9.97 Å².